The number of fused-ring (bicyclic) bond motifs is 1. The number of methoxy groups -OCH3 is 1. The summed E-state index contributed by atoms with van der Waals surface area (Å²) in [5.41, 5.74) is 0.939. The second kappa shape index (κ2) is 10.8. The quantitative estimate of drug-likeness (QED) is 0.442. The third-order valence-corrected chi connectivity index (χ3v) is 8.68. The van der Waals surface area contributed by atoms with Gasteiger partial charge in [0.1, 0.15) is 5.75 Å². The molecule has 182 valence electrons. The highest BCUT2D eigenvalue weighted by Crippen LogP contribution is 2.33. The molecule has 4 rings (SSSR count). The lowest BCUT2D eigenvalue weighted by atomic mass is 10.2. The summed E-state index contributed by atoms with van der Waals surface area (Å²) < 4.78 is 37.0. The molecule has 0 aliphatic carbocycles. The van der Waals surface area contributed by atoms with Gasteiger partial charge in [0, 0.05) is 26.2 Å². The Hall–Kier alpha value is -2.53. The Morgan fingerprint density at radius 1 is 1.21 bits per heavy atom. The normalized spacial score (nSPS) is 14.9. The SMILES string of the molecule is CCS(=O)(=O)c1ccccc1C(=O)N(CCCN1CCOCC1)c1nc2ccc(OC)cc2s1. The number of hydrogen-bond donors (Lipinski definition) is 0. The zero-order valence-corrected chi connectivity index (χ0v) is 21.0. The van der Waals surface area contributed by atoms with Gasteiger partial charge >= 0.3 is 0 Å². The molecular weight excluding hydrogens is 474 g/mol. The highest BCUT2D eigenvalue weighted by molar-refractivity contribution is 7.91. The number of nitrogens with zero attached hydrogens (tertiary/aromatic N) is 3. The van der Waals surface area contributed by atoms with Crippen molar-refractivity contribution in [2.45, 2.75) is 18.2 Å². The van der Waals surface area contributed by atoms with Gasteiger partial charge in [-0.15, -0.1) is 0 Å². The average Bonchev–Trinajstić information content (AvgIpc) is 3.29. The summed E-state index contributed by atoms with van der Waals surface area (Å²) in [6.07, 6.45) is 0.730. The van der Waals surface area contributed by atoms with Crippen molar-refractivity contribution in [3.63, 3.8) is 0 Å². The lowest BCUT2D eigenvalue weighted by Crippen LogP contribution is -2.39. The van der Waals surface area contributed by atoms with E-state index >= 15 is 0 Å². The second-order valence-electron chi connectivity index (χ2n) is 7.99. The third-order valence-electron chi connectivity index (χ3n) is 5.85. The number of ether oxygens (including phenoxy) is 2. The van der Waals surface area contributed by atoms with Crippen LogP contribution in [0.15, 0.2) is 47.4 Å². The summed E-state index contributed by atoms with van der Waals surface area (Å²) in [5.74, 6) is 0.280. The number of sulfone groups is 1. The molecule has 0 spiro atoms. The van der Waals surface area contributed by atoms with E-state index in [2.05, 4.69) is 4.90 Å². The summed E-state index contributed by atoms with van der Waals surface area (Å²) in [4.78, 5) is 22.5. The number of rotatable bonds is 9. The van der Waals surface area contributed by atoms with Crippen LogP contribution in [0.25, 0.3) is 10.2 Å². The van der Waals surface area contributed by atoms with Gasteiger partial charge in [-0.1, -0.05) is 30.4 Å². The van der Waals surface area contributed by atoms with Crippen molar-refractivity contribution in [1.29, 1.82) is 0 Å². The van der Waals surface area contributed by atoms with Crippen molar-refractivity contribution in [1.82, 2.24) is 9.88 Å². The van der Waals surface area contributed by atoms with E-state index in [4.69, 9.17) is 14.5 Å². The smallest absolute Gasteiger partial charge is 0.261 e. The van der Waals surface area contributed by atoms with E-state index in [1.807, 2.05) is 18.2 Å². The van der Waals surface area contributed by atoms with Crippen LogP contribution in [0.5, 0.6) is 5.75 Å². The van der Waals surface area contributed by atoms with Gasteiger partial charge in [0.05, 0.1) is 46.8 Å². The van der Waals surface area contributed by atoms with Crippen molar-refractivity contribution >= 4 is 42.4 Å². The monoisotopic (exact) mass is 503 g/mol. The van der Waals surface area contributed by atoms with Crippen LogP contribution >= 0.6 is 11.3 Å². The minimum atomic E-state index is -3.56. The second-order valence-corrected chi connectivity index (χ2v) is 11.2. The van der Waals surface area contributed by atoms with Crippen LogP contribution in [0.2, 0.25) is 0 Å². The number of carbonyl (C=O) groups is 1. The maximum Gasteiger partial charge on any atom is 0.261 e. The summed E-state index contributed by atoms with van der Waals surface area (Å²) >= 11 is 1.39. The van der Waals surface area contributed by atoms with Gasteiger partial charge in [-0.25, -0.2) is 13.4 Å². The number of thiazole rings is 1. The Morgan fingerprint density at radius 2 is 1.97 bits per heavy atom. The fraction of sp³-hybridized carbons (Fsp3) is 0.417. The number of carbonyl (C=O) groups excluding carboxylic acids is 1. The minimum absolute atomic E-state index is 0.0588. The molecule has 0 bridgehead atoms. The Kier molecular flexibility index (Phi) is 7.82. The van der Waals surface area contributed by atoms with E-state index in [1.165, 1.54) is 17.4 Å². The number of benzene rings is 2. The van der Waals surface area contributed by atoms with Crippen molar-refractivity contribution in [3.8, 4) is 5.75 Å². The number of anilines is 1. The number of aromatic nitrogens is 1. The van der Waals surface area contributed by atoms with E-state index in [0.29, 0.717) is 30.6 Å². The van der Waals surface area contributed by atoms with Crippen LogP contribution in [0, 0.1) is 0 Å². The first-order valence-corrected chi connectivity index (χ1v) is 13.8. The molecule has 34 heavy (non-hydrogen) atoms. The van der Waals surface area contributed by atoms with Crippen molar-refractivity contribution in [2.24, 2.45) is 0 Å². The summed E-state index contributed by atoms with van der Waals surface area (Å²) in [6.45, 7) is 5.99. The summed E-state index contributed by atoms with van der Waals surface area (Å²) in [6, 6.07) is 12.0. The standard InChI is InChI=1S/C24H29N3O5S2/c1-3-34(29,30)22-8-5-4-7-19(22)23(28)27(12-6-11-26-13-15-32-16-14-26)24-25-20-10-9-18(31-2)17-21(20)33-24/h4-5,7-10,17H,3,6,11-16H2,1-2H3. The Morgan fingerprint density at radius 3 is 2.71 bits per heavy atom. The number of amides is 1. The lowest BCUT2D eigenvalue weighted by Gasteiger charge is -2.28. The van der Waals surface area contributed by atoms with E-state index in [1.54, 1.807) is 37.1 Å². The number of hydrogen-bond acceptors (Lipinski definition) is 8. The van der Waals surface area contributed by atoms with Crippen LogP contribution in [-0.4, -0.2) is 76.5 Å². The van der Waals surface area contributed by atoms with Crippen LogP contribution in [-0.2, 0) is 14.6 Å². The highest BCUT2D eigenvalue weighted by Gasteiger charge is 2.27. The molecule has 10 heteroatoms. The van der Waals surface area contributed by atoms with Gasteiger partial charge in [-0.05, 0) is 36.8 Å². The van der Waals surface area contributed by atoms with Gasteiger partial charge in [0.15, 0.2) is 15.0 Å². The molecule has 1 aliphatic heterocycles. The molecule has 1 aliphatic rings. The Labute approximate surface area is 204 Å². The zero-order valence-electron chi connectivity index (χ0n) is 19.4. The molecule has 0 atom stereocenters. The van der Waals surface area contributed by atoms with E-state index in [9.17, 15) is 13.2 Å². The molecule has 1 fully saturated rings. The van der Waals surface area contributed by atoms with Crippen molar-refractivity contribution in [2.75, 3.05) is 57.2 Å². The van der Waals surface area contributed by atoms with Gasteiger partial charge in [-0.3, -0.25) is 14.6 Å². The van der Waals surface area contributed by atoms with Gasteiger partial charge < -0.3 is 9.47 Å². The molecule has 0 saturated carbocycles. The summed E-state index contributed by atoms with van der Waals surface area (Å²) in [7, 11) is -1.96. The largest absolute Gasteiger partial charge is 0.497 e. The molecular formula is C24H29N3O5S2. The van der Waals surface area contributed by atoms with Crippen LogP contribution in [0.1, 0.15) is 23.7 Å². The summed E-state index contributed by atoms with van der Waals surface area (Å²) in [5, 5.41) is 0.541. The highest BCUT2D eigenvalue weighted by atomic mass is 32.2. The first kappa shape index (κ1) is 24.6. The molecule has 1 amide bonds. The number of morpholine rings is 1. The molecule has 8 nitrogen and oxygen atoms in total. The van der Waals surface area contributed by atoms with Crippen molar-refractivity contribution < 1.29 is 22.7 Å². The Balaban J connectivity index is 1.67. The topological polar surface area (TPSA) is 89.0 Å². The predicted octanol–water partition coefficient (Wildman–Crippen LogP) is 3.47. The van der Waals surface area contributed by atoms with Crippen LogP contribution in [0.4, 0.5) is 5.13 Å². The molecule has 2 aromatic carbocycles. The molecule has 2 heterocycles. The van der Waals surface area contributed by atoms with E-state index < -0.39 is 9.84 Å². The molecule has 1 saturated heterocycles. The maximum atomic E-state index is 13.8. The maximum absolute atomic E-state index is 13.8. The Bertz CT molecular complexity index is 1250. The van der Waals surface area contributed by atoms with Gasteiger partial charge in [0.25, 0.3) is 5.91 Å². The first-order valence-electron chi connectivity index (χ1n) is 11.3. The minimum Gasteiger partial charge on any atom is -0.497 e. The molecule has 0 radical (unpaired) electrons. The van der Waals surface area contributed by atoms with Crippen LogP contribution in [0.3, 0.4) is 0 Å². The molecule has 1 aromatic heterocycles. The fourth-order valence-electron chi connectivity index (χ4n) is 3.91. The van der Waals surface area contributed by atoms with E-state index in [-0.39, 0.29) is 22.1 Å². The molecule has 0 N–H and O–H groups in total. The van der Waals surface area contributed by atoms with Gasteiger partial charge in [-0.2, -0.15) is 0 Å². The first-order chi connectivity index (χ1) is 16.4. The van der Waals surface area contributed by atoms with Crippen LogP contribution < -0.4 is 9.64 Å². The van der Waals surface area contributed by atoms with E-state index in [0.717, 1.165) is 36.3 Å². The molecule has 3 aromatic rings. The predicted molar refractivity (Wildman–Crippen MR) is 134 cm³/mol. The van der Waals surface area contributed by atoms with Gasteiger partial charge in [0.2, 0.25) is 0 Å². The average molecular weight is 504 g/mol. The third kappa shape index (κ3) is 5.41. The zero-order chi connectivity index (χ0) is 24.1. The van der Waals surface area contributed by atoms with Crippen molar-refractivity contribution in [3.05, 3.63) is 48.0 Å². The fourth-order valence-corrected chi connectivity index (χ4v) is 6.02. The lowest BCUT2D eigenvalue weighted by molar-refractivity contribution is 0.0376. The molecule has 0 unspecified atom stereocenters.